The Morgan fingerprint density at radius 2 is 1.64 bits per heavy atom. The van der Waals surface area contributed by atoms with E-state index in [0.29, 0.717) is 11.3 Å². The quantitative estimate of drug-likeness (QED) is 0.479. The second-order valence-electron chi connectivity index (χ2n) is 8.68. The summed E-state index contributed by atoms with van der Waals surface area (Å²) >= 11 is 0. The average molecular weight is 532 g/mol. The van der Waals surface area contributed by atoms with Gasteiger partial charge in [-0.1, -0.05) is 32.9 Å². The molecular weight excluding hydrogens is 503 g/mol. The normalized spacial score (nSPS) is 12.0. The molecule has 13 heteroatoms. The maximum atomic E-state index is 12.8. The van der Waals surface area contributed by atoms with Crippen LogP contribution in [0.1, 0.15) is 42.3 Å². The second-order valence-corrected chi connectivity index (χ2v) is 10.3. The number of halogens is 3. The number of alkyl halides is 3. The van der Waals surface area contributed by atoms with Gasteiger partial charge in [-0.25, -0.2) is 17.9 Å². The van der Waals surface area contributed by atoms with Crippen LogP contribution in [0.2, 0.25) is 0 Å². The molecule has 0 saturated heterocycles. The number of methoxy groups -OCH3 is 1. The van der Waals surface area contributed by atoms with Crippen LogP contribution in [0.5, 0.6) is 11.5 Å². The van der Waals surface area contributed by atoms with Gasteiger partial charge in [0.1, 0.15) is 16.4 Å². The molecule has 9 nitrogen and oxygen atoms in total. The molecule has 0 aliphatic rings. The maximum absolute atomic E-state index is 12.8. The van der Waals surface area contributed by atoms with Crippen LogP contribution < -0.4 is 24.8 Å². The Morgan fingerprint density at radius 3 is 2.19 bits per heavy atom. The Balaban J connectivity index is 2.26. The van der Waals surface area contributed by atoms with Crippen molar-refractivity contribution < 1.29 is 40.7 Å². The number of carbonyl (C=O) groups is 2. The molecule has 0 spiro atoms. The molecule has 0 fully saturated rings. The fraction of sp³-hybridized carbons (Fsp3) is 0.391. The third-order valence-electron chi connectivity index (χ3n) is 4.99. The predicted molar refractivity (Wildman–Crippen MR) is 126 cm³/mol. The first-order chi connectivity index (χ1) is 16.6. The molecule has 3 amide bonds. The molecule has 3 N–H and O–H groups in total. The van der Waals surface area contributed by atoms with E-state index in [1.165, 1.54) is 13.2 Å². The van der Waals surface area contributed by atoms with Gasteiger partial charge in [0.2, 0.25) is 0 Å². The highest BCUT2D eigenvalue weighted by molar-refractivity contribution is 7.90. The fourth-order valence-corrected chi connectivity index (χ4v) is 4.26. The van der Waals surface area contributed by atoms with Gasteiger partial charge in [0.15, 0.2) is 0 Å². The number of ether oxygens (including phenoxy) is 2. The van der Waals surface area contributed by atoms with Gasteiger partial charge < -0.3 is 20.1 Å². The van der Waals surface area contributed by atoms with Gasteiger partial charge in [-0.15, -0.1) is 13.2 Å². The Kier molecular flexibility index (Phi) is 8.84. The Labute approximate surface area is 207 Å². The van der Waals surface area contributed by atoms with Crippen LogP contribution >= 0.6 is 0 Å². The molecule has 0 heterocycles. The molecule has 0 atom stereocenters. The zero-order chi connectivity index (χ0) is 27.3. The molecule has 0 saturated carbocycles. The zero-order valence-electron chi connectivity index (χ0n) is 20.4. The van der Waals surface area contributed by atoms with Gasteiger partial charge >= 0.3 is 12.4 Å². The number of carbonyl (C=O) groups excluding carboxylic acids is 2. The molecule has 2 rings (SSSR count). The summed E-state index contributed by atoms with van der Waals surface area (Å²) in [7, 11) is -2.13. The minimum absolute atomic E-state index is 0.0313. The highest BCUT2D eigenvalue weighted by atomic mass is 32.2. The number of rotatable bonds is 8. The van der Waals surface area contributed by atoms with Crippen LogP contribution in [0.15, 0.2) is 41.3 Å². The van der Waals surface area contributed by atoms with Crippen molar-refractivity contribution in [3.05, 3.63) is 53.1 Å². The molecule has 2 aromatic rings. The monoisotopic (exact) mass is 531 g/mol. The van der Waals surface area contributed by atoms with E-state index in [4.69, 9.17) is 4.74 Å². The summed E-state index contributed by atoms with van der Waals surface area (Å²) in [5, 5.41) is 4.70. The molecule has 2 aromatic carbocycles. The van der Waals surface area contributed by atoms with Crippen molar-refractivity contribution in [3.8, 4) is 11.5 Å². The standard InChI is InChI=1S/C23H28F3N3O6S/c1-22(2,3)15-7-9-17(34-5)16(13-15)20(30)28-11-10-14-6-8-18(35-23(24,25)26)19(12-14)36(32,33)29-21(31)27-4/h6-9,12-13H,10-11H2,1-5H3,(H,28,30)(H2,27,29,31). The SMILES string of the molecule is CNC(=O)NS(=O)(=O)c1cc(CCNC(=O)c2cc(C(C)(C)C)ccc2OC)ccc1OC(F)(F)F. The van der Waals surface area contributed by atoms with Crippen LogP contribution in [0.4, 0.5) is 18.0 Å². The molecule has 36 heavy (non-hydrogen) atoms. The topological polar surface area (TPSA) is 123 Å². The minimum Gasteiger partial charge on any atom is -0.496 e. The van der Waals surface area contributed by atoms with Gasteiger partial charge in [-0.3, -0.25) is 4.79 Å². The first-order valence-corrected chi connectivity index (χ1v) is 12.2. The first-order valence-electron chi connectivity index (χ1n) is 10.7. The Hall–Kier alpha value is -3.48. The Bertz CT molecular complexity index is 1220. The molecule has 0 bridgehead atoms. The predicted octanol–water partition coefficient (Wildman–Crippen LogP) is 3.48. The first kappa shape index (κ1) is 28.8. The summed E-state index contributed by atoms with van der Waals surface area (Å²) < 4.78 is 74.0. The number of amides is 3. The van der Waals surface area contributed by atoms with E-state index >= 15 is 0 Å². The molecule has 0 aliphatic heterocycles. The van der Waals surface area contributed by atoms with E-state index in [9.17, 15) is 31.2 Å². The van der Waals surface area contributed by atoms with Crippen molar-refractivity contribution in [2.75, 3.05) is 20.7 Å². The van der Waals surface area contributed by atoms with Crippen molar-refractivity contribution in [2.45, 2.75) is 43.9 Å². The van der Waals surface area contributed by atoms with Crippen molar-refractivity contribution in [2.24, 2.45) is 0 Å². The number of hydrogen-bond acceptors (Lipinski definition) is 6. The van der Waals surface area contributed by atoms with Crippen LogP contribution in [-0.4, -0.2) is 47.4 Å². The lowest BCUT2D eigenvalue weighted by molar-refractivity contribution is -0.275. The van der Waals surface area contributed by atoms with Crippen molar-refractivity contribution in [1.29, 1.82) is 0 Å². The molecular formula is C23H28F3N3O6S. The summed E-state index contributed by atoms with van der Waals surface area (Å²) in [4.78, 5) is 23.4. The van der Waals surface area contributed by atoms with E-state index in [-0.39, 0.29) is 23.9 Å². The van der Waals surface area contributed by atoms with Crippen molar-refractivity contribution >= 4 is 22.0 Å². The highest BCUT2D eigenvalue weighted by Crippen LogP contribution is 2.31. The van der Waals surface area contributed by atoms with Crippen LogP contribution in [0.3, 0.4) is 0 Å². The summed E-state index contributed by atoms with van der Waals surface area (Å²) in [5.74, 6) is -1.08. The van der Waals surface area contributed by atoms with Gasteiger partial charge in [0.05, 0.1) is 12.7 Å². The van der Waals surface area contributed by atoms with Crippen LogP contribution in [-0.2, 0) is 21.9 Å². The molecule has 0 aliphatic carbocycles. The molecule has 0 unspecified atom stereocenters. The zero-order valence-corrected chi connectivity index (χ0v) is 21.2. The number of benzene rings is 2. The highest BCUT2D eigenvalue weighted by Gasteiger charge is 2.34. The lowest BCUT2D eigenvalue weighted by Crippen LogP contribution is -2.37. The average Bonchev–Trinajstić information content (AvgIpc) is 2.77. The van der Waals surface area contributed by atoms with E-state index in [0.717, 1.165) is 24.7 Å². The maximum Gasteiger partial charge on any atom is 0.573 e. The van der Waals surface area contributed by atoms with E-state index in [1.54, 1.807) is 16.9 Å². The minimum atomic E-state index is -5.16. The van der Waals surface area contributed by atoms with Gasteiger partial charge in [-0.2, -0.15) is 0 Å². The van der Waals surface area contributed by atoms with E-state index in [1.807, 2.05) is 32.2 Å². The second kappa shape index (κ2) is 11.1. The molecule has 198 valence electrons. The van der Waals surface area contributed by atoms with Crippen LogP contribution in [0.25, 0.3) is 0 Å². The largest absolute Gasteiger partial charge is 0.573 e. The summed E-state index contributed by atoms with van der Waals surface area (Å²) in [5.41, 5.74) is 1.27. The van der Waals surface area contributed by atoms with Crippen LogP contribution in [0, 0.1) is 0 Å². The number of urea groups is 1. The number of hydrogen-bond donors (Lipinski definition) is 3. The van der Waals surface area contributed by atoms with Gasteiger partial charge in [-0.05, 0) is 47.2 Å². The van der Waals surface area contributed by atoms with Gasteiger partial charge in [0.25, 0.3) is 15.9 Å². The lowest BCUT2D eigenvalue weighted by atomic mass is 9.86. The fourth-order valence-electron chi connectivity index (χ4n) is 3.12. The summed E-state index contributed by atoms with van der Waals surface area (Å²) in [6, 6.07) is 7.12. The summed E-state index contributed by atoms with van der Waals surface area (Å²) in [6.45, 7) is 6.01. The molecule has 0 radical (unpaired) electrons. The van der Waals surface area contributed by atoms with Crippen molar-refractivity contribution in [1.82, 2.24) is 15.4 Å². The smallest absolute Gasteiger partial charge is 0.496 e. The van der Waals surface area contributed by atoms with Gasteiger partial charge in [0, 0.05) is 13.6 Å². The lowest BCUT2D eigenvalue weighted by Gasteiger charge is -2.21. The van der Waals surface area contributed by atoms with E-state index in [2.05, 4.69) is 10.1 Å². The van der Waals surface area contributed by atoms with Crippen molar-refractivity contribution in [3.63, 3.8) is 0 Å². The third kappa shape index (κ3) is 7.77. The third-order valence-corrected chi connectivity index (χ3v) is 6.34. The summed E-state index contributed by atoms with van der Waals surface area (Å²) in [6.07, 6.45) is -5.09. The molecule has 0 aromatic heterocycles. The number of nitrogens with one attached hydrogen (secondary N) is 3. The van der Waals surface area contributed by atoms with E-state index < -0.39 is 39.0 Å². The number of sulfonamides is 1. The Morgan fingerprint density at radius 1 is 1.00 bits per heavy atom.